The third-order valence-corrected chi connectivity index (χ3v) is 3.98. The number of aromatic nitrogens is 2. The second kappa shape index (κ2) is 7.77. The lowest BCUT2D eigenvalue weighted by Gasteiger charge is -2.17. The first-order valence-corrected chi connectivity index (χ1v) is 8.14. The molecule has 6 heteroatoms. The van der Waals surface area contributed by atoms with Gasteiger partial charge in [-0.05, 0) is 17.7 Å². The zero-order valence-electron chi connectivity index (χ0n) is 13.7. The van der Waals surface area contributed by atoms with Crippen molar-refractivity contribution < 1.29 is 4.79 Å². The Labute approximate surface area is 151 Å². The summed E-state index contributed by atoms with van der Waals surface area (Å²) in [5.41, 5.74) is 1.95. The van der Waals surface area contributed by atoms with Crippen LogP contribution in [0.1, 0.15) is 16.1 Å². The number of nitrogens with zero attached hydrogens (tertiary/aromatic N) is 3. The lowest BCUT2D eigenvalue weighted by Crippen LogP contribution is -2.19. The van der Waals surface area contributed by atoms with E-state index in [2.05, 4.69) is 27.4 Å². The standard InChI is InChI=1S/C19H17ClN4O/c1-24(13-14-7-3-2-4-8-14)18-12-21-17(11-22-18)19(25)23-16-10-6-5-9-15(16)20/h2-12H,13H2,1H3,(H,23,25). The summed E-state index contributed by atoms with van der Waals surface area (Å²) in [6.45, 7) is 0.709. The minimum absolute atomic E-state index is 0.233. The summed E-state index contributed by atoms with van der Waals surface area (Å²) in [4.78, 5) is 22.8. The van der Waals surface area contributed by atoms with Crippen molar-refractivity contribution in [3.63, 3.8) is 0 Å². The van der Waals surface area contributed by atoms with Gasteiger partial charge in [-0.3, -0.25) is 4.79 Å². The Kier molecular flexibility index (Phi) is 5.26. The van der Waals surface area contributed by atoms with Gasteiger partial charge in [0.1, 0.15) is 11.5 Å². The third-order valence-electron chi connectivity index (χ3n) is 3.65. The van der Waals surface area contributed by atoms with Crippen LogP contribution in [0.15, 0.2) is 67.0 Å². The van der Waals surface area contributed by atoms with Crippen molar-refractivity contribution in [1.29, 1.82) is 0 Å². The van der Waals surface area contributed by atoms with E-state index in [0.29, 0.717) is 23.1 Å². The highest BCUT2D eigenvalue weighted by atomic mass is 35.5. The maximum absolute atomic E-state index is 12.3. The molecule has 0 saturated heterocycles. The van der Waals surface area contributed by atoms with Gasteiger partial charge in [0.2, 0.25) is 0 Å². The highest BCUT2D eigenvalue weighted by Gasteiger charge is 2.11. The normalized spacial score (nSPS) is 10.3. The minimum atomic E-state index is -0.349. The summed E-state index contributed by atoms with van der Waals surface area (Å²) >= 11 is 6.04. The summed E-state index contributed by atoms with van der Waals surface area (Å²) in [6.07, 6.45) is 3.05. The number of hydrogen-bond acceptors (Lipinski definition) is 4. The van der Waals surface area contributed by atoms with Crippen LogP contribution >= 0.6 is 11.6 Å². The molecule has 0 atom stereocenters. The lowest BCUT2D eigenvalue weighted by atomic mass is 10.2. The second-order valence-electron chi connectivity index (χ2n) is 5.54. The average molecular weight is 353 g/mol. The number of amides is 1. The topological polar surface area (TPSA) is 58.1 Å². The number of nitrogens with one attached hydrogen (secondary N) is 1. The van der Waals surface area contributed by atoms with Crippen LogP contribution in [0.25, 0.3) is 0 Å². The minimum Gasteiger partial charge on any atom is -0.354 e. The molecule has 1 N–H and O–H groups in total. The summed E-state index contributed by atoms with van der Waals surface area (Å²) in [7, 11) is 1.93. The number of halogens is 1. The monoisotopic (exact) mass is 352 g/mol. The molecule has 0 radical (unpaired) electrons. The van der Waals surface area contributed by atoms with Gasteiger partial charge in [-0.1, -0.05) is 54.1 Å². The van der Waals surface area contributed by atoms with Gasteiger partial charge in [0.25, 0.3) is 5.91 Å². The molecule has 1 amide bonds. The molecular formula is C19H17ClN4O. The van der Waals surface area contributed by atoms with Crippen LogP contribution < -0.4 is 10.2 Å². The van der Waals surface area contributed by atoms with E-state index >= 15 is 0 Å². The van der Waals surface area contributed by atoms with E-state index in [9.17, 15) is 4.79 Å². The fourth-order valence-corrected chi connectivity index (χ4v) is 2.51. The van der Waals surface area contributed by atoms with Gasteiger partial charge in [-0.25, -0.2) is 9.97 Å². The summed E-state index contributed by atoms with van der Waals surface area (Å²) in [6, 6.07) is 17.1. The fraction of sp³-hybridized carbons (Fsp3) is 0.105. The maximum atomic E-state index is 12.3. The average Bonchev–Trinajstić information content (AvgIpc) is 2.64. The molecule has 1 heterocycles. The van der Waals surface area contributed by atoms with Crippen LogP contribution in [0.4, 0.5) is 11.5 Å². The Morgan fingerprint density at radius 2 is 1.76 bits per heavy atom. The van der Waals surface area contributed by atoms with Crippen molar-refractivity contribution in [2.24, 2.45) is 0 Å². The van der Waals surface area contributed by atoms with E-state index in [1.54, 1.807) is 30.5 Å². The van der Waals surface area contributed by atoms with Crippen LogP contribution in [-0.2, 0) is 6.54 Å². The molecule has 0 aliphatic carbocycles. The van der Waals surface area contributed by atoms with Crippen LogP contribution in [0.2, 0.25) is 5.02 Å². The Bertz CT molecular complexity index is 853. The third kappa shape index (κ3) is 4.33. The molecule has 0 saturated carbocycles. The van der Waals surface area contributed by atoms with Crippen LogP contribution in [0, 0.1) is 0 Å². The SMILES string of the molecule is CN(Cc1ccccc1)c1cnc(C(=O)Nc2ccccc2Cl)cn1. The molecule has 0 aliphatic heterocycles. The van der Waals surface area contributed by atoms with E-state index in [1.165, 1.54) is 11.8 Å². The van der Waals surface area contributed by atoms with Gasteiger partial charge in [0.05, 0.1) is 23.1 Å². The van der Waals surface area contributed by atoms with Crippen molar-refractivity contribution >= 4 is 29.0 Å². The maximum Gasteiger partial charge on any atom is 0.275 e. The molecule has 0 aliphatic rings. The molecule has 0 fully saturated rings. The number of hydrogen-bond donors (Lipinski definition) is 1. The largest absolute Gasteiger partial charge is 0.354 e. The smallest absolute Gasteiger partial charge is 0.275 e. The predicted octanol–water partition coefficient (Wildman–Crippen LogP) is 4.02. The van der Waals surface area contributed by atoms with Crippen molar-refractivity contribution in [2.45, 2.75) is 6.54 Å². The zero-order valence-corrected chi connectivity index (χ0v) is 14.4. The van der Waals surface area contributed by atoms with Gasteiger partial charge < -0.3 is 10.2 Å². The van der Waals surface area contributed by atoms with Crippen molar-refractivity contribution in [3.8, 4) is 0 Å². The van der Waals surface area contributed by atoms with E-state index in [4.69, 9.17) is 11.6 Å². The Morgan fingerprint density at radius 3 is 2.44 bits per heavy atom. The molecule has 25 heavy (non-hydrogen) atoms. The zero-order chi connectivity index (χ0) is 17.6. The molecule has 2 aromatic carbocycles. The lowest BCUT2D eigenvalue weighted by molar-refractivity contribution is 0.102. The predicted molar refractivity (Wildman–Crippen MR) is 100.0 cm³/mol. The van der Waals surface area contributed by atoms with Gasteiger partial charge in [0.15, 0.2) is 0 Å². The molecule has 3 rings (SSSR count). The van der Waals surface area contributed by atoms with Crippen molar-refractivity contribution in [3.05, 3.63) is 83.3 Å². The van der Waals surface area contributed by atoms with Gasteiger partial charge >= 0.3 is 0 Å². The molecule has 0 spiro atoms. The Hall–Kier alpha value is -2.92. The van der Waals surface area contributed by atoms with Crippen LogP contribution in [0.5, 0.6) is 0 Å². The summed E-state index contributed by atoms with van der Waals surface area (Å²) in [5, 5.41) is 3.20. The summed E-state index contributed by atoms with van der Waals surface area (Å²) in [5.74, 6) is 0.344. The van der Waals surface area contributed by atoms with E-state index < -0.39 is 0 Å². The number of para-hydroxylation sites is 1. The molecule has 0 unspecified atom stereocenters. The molecule has 0 bridgehead atoms. The number of benzene rings is 2. The van der Waals surface area contributed by atoms with Crippen LogP contribution in [0.3, 0.4) is 0 Å². The summed E-state index contributed by atoms with van der Waals surface area (Å²) < 4.78 is 0. The van der Waals surface area contributed by atoms with E-state index in [1.807, 2.05) is 30.1 Å². The van der Waals surface area contributed by atoms with E-state index in [-0.39, 0.29) is 11.6 Å². The molecular weight excluding hydrogens is 336 g/mol. The van der Waals surface area contributed by atoms with Gasteiger partial charge in [0, 0.05) is 13.6 Å². The van der Waals surface area contributed by atoms with Crippen LogP contribution in [-0.4, -0.2) is 22.9 Å². The van der Waals surface area contributed by atoms with Gasteiger partial charge in [-0.15, -0.1) is 0 Å². The first-order chi connectivity index (χ1) is 12.1. The quantitative estimate of drug-likeness (QED) is 0.753. The van der Waals surface area contributed by atoms with Crippen molar-refractivity contribution in [1.82, 2.24) is 9.97 Å². The number of anilines is 2. The Balaban J connectivity index is 1.67. The molecule has 126 valence electrons. The number of carbonyl (C=O) groups excluding carboxylic acids is 1. The fourth-order valence-electron chi connectivity index (χ4n) is 2.32. The molecule has 3 aromatic rings. The van der Waals surface area contributed by atoms with E-state index in [0.717, 1.165) is 0 Å². The molecule has 5 nitrogen and oxygen atoms in total. The molecule has 1 aromatic heterocycles. The Morgan fingerprint density at radius 1 is 1.04 bits per heavy atom. The van der Waals surface area contributed by atoms with Gasteiger partial charge in [-0.2, -0.15) is 0 Å². The highest BCUT2D eigenvalue weighted by molar-refractivity contribution is 6.33. The second-order valence-corrected chi connectivity index (χ2v) is 5.94. The first-order valence-electron chi connectivity index (χ1n) is 7.76. The first kappa shape index (κ1) is 16.9. The van der Waals surface area contributed by atoms with Crippen molar-refractivity contribution in [2.75, 3.05) is 17.3 Å². The number of rotatable bonds is 5. The highest BCUT2D eigenvalue weighted by Crippen LogP contribution is 2.21. The number of carbonyl (C=O) groups is 1.